The summed E-state index contributed by atoms with van der Waals surface area (Å²) in [5.41, 5.74) is 1.51. The van der Waals surface area contributed by atoms with E-state index in [1.807, 2.05) is 41.8 Å². The second-order valence-corrected chi connectivity index (χ2v) is 6.86. The number of hydrogen-bond donors (Lipinski definition) is 1. The van der Waals surface area contributed by atoms with Gasteiger partial charge in [-0.05, 0) is 35.7 Å². The number of carbonyl (C=O) groups is 1. The first-order valence-electron chi connectivity index (χ1n) is 8.19. The van der Waals surface area contributed by atoms with Crippen molar-refractivity contribution in [1.82, 2.24) is 9.55 Å². The molecule has 2 heterocycles. The number of para-hydroxylation sites is 1. The smallest absolute Gasteiger partial charge is 0.261 e. The van der Waals surface area contributed by atoms with E-state index in [0.717, 1.165) is 16.5 Å². The van der Waals surface area contributed by atoms with Crippen molar-refractivity contribution in [3.63, 3.8) is 0 Å². The molecule has 0 atom stereocenters. The molecule has 7 heteroatoms. The van der Waals surface area contributed by atoms with Gasteiger partial charge in [-0.15, -0.1) is 11.3 Å². The van der Waals surface area contributed by atoms with Crippen LogP contribution in [-0.2, 0) is 11.3 Å². The van der Waals surface area contributed by atoms with Crippen LogP contribution in [0.15, 0.2) is 71.1 Å². The van der Waals surface area contributed by atoms with Crippen LogP contribution in [0.25, 0.3) is 21.3 Å². The third kappa shape index (κ3) is 3.50. The van der Waals surface area contributed by atoms with Crippen LogP contribution < -0.4 is 10.9 Å². The number of fused-ring (bicyclic) bond motifs is 1. The molecule has 27 heavy (non-hydrogen) atoms. The Labute approximate surface area is 157 Å². The number of benzene rings is 2. The Morgan fingerprint density at radius 2 is 2.00 bits per heavy atom. The van der Waals surface area contributed by atoms with E-state index in [0.29, 0.717) is 11.2 Å². The molecule has 5 nitrogen and oxygen atoms in total. The Kier molecular flexibility index (Phi) is 4.52. The van der Waals surface area contributed by atoms with Gasteiger partial charge in [-0.1, -0.05) is 24.3 Å². The van der Waals surface area contributed by atoms with E-state index in [-0.39, 0.29) is 17.8 Å². The van der Waals surface area contributed by atoms with Gasteiger partial charge in [-0.25, -0.2) is 9.37 Å². The summed E-state index contributed by atoms with van der Waals surface area (Å²) in [5.74, 6) is -0.882. The number of carbonyl (C=O) groups excluding carboxylic acids is 1. The molecule has 2 aromatic heterocycles. The molecule has 0 radical (unpaired) electrons. The van der Waals surface area contributed by atoms with Crippen molar-refractivity contribution in [3.05, 3.63) is 82.5 Å². The molecule has 4 rings (SSSR count). The standard InChI is InChI=1S/C20H14FN3O2S/c21-13-7-8-16-15(10-13)20(26)24(12-22-16)11-19(25)23-17-5-2-1-4-14(17)18-6-3-9-27-18/h1-10,12H,11H2,(H,23,25). The number of rotatable bonds is 4. The largest absolute Gasteiger partial charge is 0.324 e. The normalized spacial score (nSPS) is 10.9. The van der Waals surface area contributed by atoms with Gasteiger partial charge in [0.05, 0.1) is 17.2 Å². The number of aromatic nitrogens is 2. The molecular weight excluding hydrogens is 365 g/mol. The first kappa shape index (κ1) is 17.1. The molecule has 0 bridgehead atoms. The molecule has 0 aliphatic heterocycles. The lowest BCUT2D eigenvalue weighted by Gasteiger charge is -2.11. The Balaban J connectivity index is 1.60. The minimum Gasteiger partial charge on any atom is -0.324 e. The molecule has 0 aliphatic carbocycles. The van der Waals surface area contributed by atoms with Crippen molar-refractivity contribution in [2.75, 3.05) is 5.32 Å². The van der Waals surface area contributed by atoms with E-state index in [2.05, 4.69) is 10.3 Å². The van der Waals surface area contributed by atoms with Crippen molar-refractivity contribution in [2.24, 2.45) is 0 Å². The van der Waals surface area contributed by atoms with Gasteiger partial charge in [-0.2, -0.15) is 0 Å². The fraction of sp³-hybridized carbons (Fsp3) is 0.0500. The number of halogens is 1. The maximum absolute atomic E-state index is 13.4. The molecule has 0 spiro atoms. The van der Waals surface area contributed by atoms with E-state index < -0.39 is 11.4 Å². The lowest BCUT2D eigenvalue weighted by Crippen LogP contribution is -2.28. The molecule has 0 saturated heterocycles. The monoisotopic (exact) mass is 379 g/mol. The number of amides is 1. The molecule has 0 fully saturated rings. The van der Waals surface area contributed by atoms with E-state index in [9.17, 15) is 14.0 Å². The number of anilines is 1. The highest BCUT2D eigenvalue weighted by Gasteiger charge is 2.12. The zero-order valence-electron chi connectivity index (χ0n) is 14.1. The third-order valence-electron chi connectivity index (χ3n) is 4.09. The van der Waals surface area contributed by atoms with Gasteiger partial charge in [0.1, 0.15) is 12.4 Å². The molecule has 0 unspecified atom stereocenters. The van der Waals surface area contributed by atoms with Crippen LogP contribution in [0.1, 0.15) is 0 Å². The zero-order valence-corrected chi connectivity index (χ0v) is 14.9. The molecule has 4 aromatic rings. The first-order chi connectivity index (χ1) is 13.1. The van der Waals surface area contributed by atoms with E-state index in [1.54, 1.807) is 11.3 Å². The van der Waals surface area contributed by atoms with Gasteiger partial charge in [0.15, 0.2) is 0 Å². The van der Waals surface area contributed by atoms with Crippen molar-refractivity contribution in [2.45, 2.75) is 6.54 Å². The fourth-order valence-corrected chi connectivity index (χ4v) is 3.59. The summed E-state index contributed by atoms with van der Waals surface area (Å²) in [6.07, 6.45) is 1.30. The Morgan fingerprint density at radius 1 is 1.15 bits per heavy atom. The van der Waals surface area contributed by atoms with Crippen LogP contribution in [0.4, 0.5) is 10.1 Å². The van der Waals surface area contributed by atoms with Gasteiger partial charge >= 0.3 is 0 Å². The molecule has 0 saturated carbocycles. The maximum Gasteiger partial charge on any atom is 0.261 e. The average molecular weight is 379 g/mol. The summed E-state index contributed by atoms with van der Waals surface area (Å²) in [6, 6.07) is 15.2. The van der Waals surface area contributed by atoms with Crippen LogP contribution in [-0.4, -0.2) is 15.5 Å². The number of thiophene rings is 1. The van der Waals surface area contributed by atoms with Gasteiger partial charge in [0.25, 0.3) is 5.56 Å². The lowest BCUT2D eigenvalue weighted by atomic mass is 10.1. The van der Waals surface area contributed by atoms with Gasteiger partial charge in [-0.3, -0.25) is 14.2 Å². The molecular formula is C20H14FN3O2S. The molecule has 1 amide bonds. The number of hydrogen-bond acceptors (Lipinski definition) is 4. The summed E-state index contributed by atoms with van der Waals surface area (Å²) >= 11 is 1.57. The van der Waals surface area contributed by atoms with Crippen LogP contribution in [0, 0.1) is 5.82 Å². The summed E-state index contributed by atoms with van der Waals surface area (Å²) in [4.78, 5) is 30.1. The van der Waals surface area contributed by atoms with E-state index >= 15 is 0 Å². The van der Waals surface area contributed by atoms with Crippen LogP contribution in [0.2, 0.25) is 0 Å². The van der Waals surface area contributed by atoms with Crippen LogP contribution >= 0.6 is 11.3 Å². The predicted octanol–water partition coefficient (Wildman–Crippen LogP) is 3.90. The lowest BCUT2D eigenvalue weighted by molar-refractivity contribution is -0.116. The third-order valence-corrected chi connectivity index (χ3v) is 4.99. The molecule has 1 N–H and O–H groups in total. The Bertz CT molecular complexity index is 1190. The number of nitrogens with one attached hydrogen (secondary N) is 1. The average Bonchev–Trinajstić information content (AvgIpc) is 3.19. The van der Waals surface area contributed by atoms with Crippen LogP contribution in [0.3, 0.4) is 0 Å². The second-order valence-electron chi connectivity index (χ2n) is 5.91. The topological polar surface area (TPSA) is 64.0 Å². The Hall–Kier alpha value is -3.32. The number of nitrogens with zero attached hydrogens (tertiary/aromatic N) is 2. The SMILES string of the molecule is O=C(Cn1cnc2ccc(F)cc2c1=O)Nc1ccccc1-c1cccs1. The van der Waals surface area contributed by atoms with E-state index in [1.165, 1.54) is 23.0 Å². The van der Waals surface area contributed by atoms with Crippen molar-refractivity contribution >= 4 is 33.8 Å². The Morgan fingerprint density at radius 3 is 2.81 bits per heavy atom. The fourth-order valence-electron chi connectivity index (χ4n) is 2.83. The minimum atomic E-state index is -0.520. The highest BCUT2D eigenvalue weighted by Crippen LogP contribution is 2.31. The zero-order chi connectivity index (χ0) is 18.8. The van der Waals surface area contributed by atoms with Gasteiger partial charge in [0, 0.05) is 16.1 Å². The summed E-state index contributed by atoms with van der Waals surface area (Å²) in [6.45, 7) is -0.211. The highest BCUT2D eigenvalue weighted by molar-refractivity contribution is 7.13. The first-order valence-corrected chi connectivity index (χ1v) is 9.07. The summed E-state index contributed by atoms with van der Waals surface area (Å²) < 4.78 is 14.6. The summed E-state index contributed by atoms with van der Waals surface area (Å²) in [5, 5.41) is 4.95. The quantitative estimate of drug-likeness (QED) is 0.585. The summed E-state index contributed by atoms with van der Waals surface area (Å²) in [7, 11) is 0. The van der Waals surface area contributed by atoms with Gasteiger partial charge < -0.3 is 5.32 Å². The molecule has 0 aliphatic rings. The van der Waals surface area contributed by atoms with Crippen molar-refractivity contribution in [3.8, 4) is 10.4 Å². The van der Waals surface area contributed by atoms with Crippen LogP contribution in [0.5, 0.6) is 0 Å². The highest BCUT2D eigenvalue weighted by atomic mass is 32.1. The van der Waals surface area contributed by atoms with Crippen molar-refractivity contribution in [1.29, 1.82) is 0 Å². The predicted molar refractivity (Wildman–Crippen MR) is 104 cm³/mol. The van der Waals surface area contributed by atoms with Crippen molar-refractivity contribution < 1.29 is 9.18 Å². The second kappa shape index (κ2) is 7.13. The van der Waals surface area contributed by atoms with E-state index in [4.69, 9.17) is 0 Å². The molecule has 2 aromatic carbocycles. The van der Waals surface area contributed by atoms with Gasteiger partial charge in [0.2, 0.25) is 5.91 Å². The molecule has 134 valence electrons. The maximum atomic E-state index is 13.4. The minimum absolute atomic E-state index is 0.143.